The van der Waals surface area contributed by atoms with Crippen LogP contribution in [0.5, 0.6) is 11.5 Å². The highest BCUT2D eigenvalue weighted by Gasteiger charge is 2.34. The van der Waals surface area contributed by atoms with Crippen molar-refractivity contribution in [3.63, 3.8) is 0 Å². The summed E-state index contributed by atoms with van der Waals surface area (Å²) in [7, 11) is 3.73. The van der Waals surface area contributed by atoms with Gasteiger partial charge < -0.3 is 9.47 Å². The molecule has 33 heavy (non-hydrogen) atoms. The van der Waals surface area contributed by atoms with Crippen molar-refractivity contribution < 1.29 is 14.3 Å². The number of methoxy groups -OCH3 is 1. The van der Waals surface area contributed by atoms with E-state index in [1.165, 1.54) is 32.1 Å². The van der Waals surface area contributed by atoms with Gasteiger partial charge in [0.25, 0.3) is 5.91 Å². The molecule has 0 radical (unpaired) electrons. The van der Waals surface area contributed by atoms with Crippen LogP contribution >= 0.6 is 0 Å². The number of rotatable bonds is 8. The molecule has 2 aliphatic rings. The number of amides is 1. The Morgan fingerprint density at radius 1 is 1.03 bits per heavy atom. The summed E-state index contributed by atoms with van der Waals surface area (Å²) in [4.78, 5) is 15.7. The molecule has 6 nitrogen and oxygen atoms in total. The third-order valence-corrected chi connectivity index (χ3v) is 6.75. The third kappa shape index (κ3) is 5.56. The highest BCUT2D eigenvalue weighted by molar-refractivity contribution is 6.03. The van der Waals surface area contributed by atoms with Crippen LogP contribution in [-0.4, -0.2) is 54.9 Å². The maximum Gasteiger partial charge on any atom is 0.257 e. The summed E-state index contributed by atoms with van der Waals surface area (Å²) in [6.07, 6.45) is 6.83. The Bertz CT molecular complexity index is 950. The average Bonchev–Trinajstić information content (AvgIpc) is 3.31. The Morgan fingerprint density at radius 2 is 1.70 bits per heavy atom. The van der Waals surface area contributed by atoms with Gasteiger partial charge in [-0.25, -0.2) is 5.01 Å². The van der Waals surface area contributed by atoms with Crippen molar-refractivity contribution in [2.45, 2.75) is 57.5 Å². The Kier molecular flexibility index (Phi) is 7.65. The van der Waals surface area contributed by atoms with E-state index in [-0.39, 0.29) is 11.9 Å². The third-order valence-electron chi connectivity index (χ3n) is 6.75. The van der Waals surface area contributed by atoms with Crippen LogP contribution in [-0.2, 0) is 4.79 Å². The van der Waals surface area contributed by atoms with Gasteiger partial charge in [0.1, 0.15) is 11.5 Å². The van der Waals surface area contributed by atoms with Crippen molar-refractivity contribution in [3.05, 3.63) is 59.7 Å². The van der Waals surface area contributed by atoms with Gasteiger partial charge >= 0.3 is 0 Å². The first kappa shape index (κ1) is 23.3. The standard InChI is InChI=1S/C27H35N3O3/c1-4-33-24-16-12-21(13-17-24)26-18-25(20-10-14-23(32-3)15-11-20)28-30(26)27(31)19-29(2)22-8-6-5-7-9-22/h10-17,22,26H,4-9,18-19H2,1-3H3/t26-/m0/s1. The van der Waals surface area contributed by atoms with Gasteiger partial charge in [0.05, 0.1) is 32.0 Å². The second kappa shape index (κ2) is 10.8. The summed E-state index contributed by atoms with van der Waals surface area (Å²) < 4.78 is 10.9. The van der Waals surface area contributed by atoms with Gasteiger partial charge in [-0.05, 0) is 74.3 Å². The van der Waals surface area contributed by atoms with Crippen LogP contribution < -0.4 is 9.47 Å². The van der Waals surface area contributed by atoms with Crippen molar-refractivity contribution in [2.24, 2.45) is 5.10 Å². The van der Waals surface area contributed by atoms with Crippen LogP contribution in [0.3, 0.4) is 0 Å². The number of ether oxygens (including phenoxy) is 2. The van der Waals surface area contributed by atoms with E-state index in [9.17, 15) is 4.79 Å². The van der Waals surface area contributed by atoms with E-state index in [0.717, 1.165) is 28.3 Å². The number of carbonyl (C=O) groups excluding carboxylic acids is 1. The van der Waals surface area contributed by atoms with Crippen molar-refractivity contribution in [3.8, 4) is 11.5 Å². The van der Waals surface area contributed by atoms with Crippen LogP contribution in [0.1, 0.15) is 62.6 Å². The van der Waals surface area contributed by atoms with Gasteiger partial charge in [-0.2, -0.15) is 5.10 Å². The van der Waals surface area contributed by atoms with E-state index in [1.54, 1.807) is 12.1 Å². The summed E-state index contributed by atoms with van der Waals surface area (Å²) >= 11 is 0. The molecule has 4 rings (SSSR count). The molecule has 2 aromatic rings. The van der Waals surface area contributed by atoms with Crippen LogP contribution in [0, 0.1) is 0 Å². The normalized spacial score (nSPS) is 19.0. The fourth-order valence-electron chi connectivity index (χ4n) is 4.85. The Hall–Kier alpha value is -2.86. The molecule has 0 bridgehead atoms. The number of likely N-dealkylation sites (N-methyl/N-ethyl adjacent to an activating group) is 1. The van der Waals surface area contributed by atoms with Gasteiger partial charge in [0.15, 0.2) is 0 Å². The quantitative estimate of drug-likeness (QED) is 0.567. The minimum absolute atomic E-state index is 0.0467. The number of nitrogens with zero attached hydrogens (tertiary/aromatic N) is 3. The monoisotopic (exact) mass is 449 g/mol. The first-order chi connectivity index (χ1) is 16.1. The SMILES string of the molecule is CCOc1ccc([C@@H]2CC(c3ccc(OC)cc3)=NN2C(=O)CN(C)C2CCCCC2)cc1. The molecule has 1 heterocycles. The molecule has 0 unspecified atom stereocenters. The van der Waals surface area contributed by atoms with E-state index in [4.69, 9.17) is 14.6 Å². The Balaban J connectivity index is 1.56. The first-order valence-electron chi connectivity index (χ1n) is 12.1. The van der Waals surface area contributed by atoms with Crippen molar-refractivity contribution in [1.82, 2.24) is 9.91 Å². The van der Waals surface area contributed by atoms with Crippen molar-refractivity contribution in [1.29, 1.82) is 0 Å². The summed E-state index contributed by atoms with van der Waals surface area (Å²) in [5.41, 5.74) is 3.01. The second-order valence-corrected chi connectivity index (χ2v) is 8.94. The highest BCUT2D eigenvalue weighted by Crippen LogP contribution is 2.34. The maximum atomic E-state index is 13.5. The summed E-state index contributed by atoms with van der Waals surface area (Å²) in [5, 5.41) is 6.53. The molecule has 0 aromatic heterocycles. The van der Waals surface area contributed by atoms with E-state index < -0.39 is 0 Å². The molecule has 0 spiro atoms. The lowest BCUT2D eigenvalue weighted by Crippen LogP contribution is -2.41. The second-order valence-electron chi connectivity index (χ2n) is 8.94. The number of carbonyl (C=O) groups is 1. The van der Waals surface area contributed by atoms with Crippen LogP contribution in [0.15, 0.2) is 53.6 Å². The predicted molar refractivity (Wildman–Crippen MR) is 131 cm³/mol. The summed E-state index contributed by atoms with van der Waals surface area (Å²) in [6.45, 7) is 2.99. The van der Waals surface area contributed by atoms with E-state index >= 15 is 0 Å². The molecule has 2 aromatic carbocycles. The molecule has 1 aliphatic carbocycles. The minimum Gasteiger partial charge on any atom is -0.497 e. The molecule has 0 N–H and O–H groups in total. The molecular weight excluding hydrogens is 414 g/mol. The lowest BCUT2D eigenvalue weighted by molar-refractivity contribution is -0.134. The molecular formula is C27H35N3O3. The fraction of sp³-hybridized carbons (Fsp3) is 0.481. The Morgan fingerprint density at radius 3 is 2.33 bits per heavy atom. The summed E-state index contributed by atoms with van der Waals surface area (Å²) in [6, 6.07) is 16.3. The molecule has 1 atom stereocenters. The van der Waals surface area contributed by atoms with E-state index in [0.29, 0.717) is 25.6 Å². The lowest BCUT2D eigenvalue weighted by Gasteiger charge is -2.32. The van der Waals surface area contributed by atoms with Crippen molar-refractivity contribution in [2.75, 3.05) is 27.3 Å². The topological polar surface area (TPSA) is 54.4 Å². The molecule has 1 aliphatic heterocycles. The maximum absolute atomic E-state index is 13.5. The first-order valence-corrected chi connectivity index (χ1v) is 12.1. The van der Waals surface area contributed by atoms with Crippen molar-refractivity contribution >= 4 is 11.6 Å². The van der Waals surface area contributed by atoms with Crippen LogP contribution in [0.2, 0.25) is 0 Å². The molecule has 1 saturated carbocycles. The molecule has 176 valence electrons. The number of hydrogen-bond acceptors (Lipinski definition) is 5. The molecule has 1 fully saturated rings. The van der Waals surface area contributed by atoms with Gasteiger partial charge in [0, 0.05) is 12.5 Å². The number of hydrazone groups is 1. The zero-order valence-corrected chi connectivity index (χ0v) is 20.0. The average molecular weight is 450 g/mol. The van der Waals surface area contributed by atoms with Crippen LogP contribution in [0.4, 0.5) is 0 Å². The van der Waals surface area contributed by atoms with Gasteiger partial charge in [0.2, 0.25) is 0 Å². The lowest BCUT2D eigenvalue weighted by atomic mass is 9.94. The number of hydrogen-bond donors (Lipinski definition) is 0. The highest BCUT2D eigenvalue weighted by atomic mass is 16.5. The Labute approximate surface area is 197 Å². The molecule has 1 amide bonds. The zero-order chi connectivity index (χ0) is 23.2. The van der Waals surface area contributed by atoms with E-state index in [2.05, 4.69) is 11.9 Å². The van der Waals surface area contributed by atoms with Gasteiger partial charge in [-0.3, -0.25) is 9.69 Å². The van der Waals surface area contributed by atoms with Gasteiger partial charge in [-0.15, -0.1) is 0 Å². The number of benzene rings is 2. The largest absolute Gasteiger partial charge is 0.497 e. The summed E-state index contributed by atoms with van der Waals surface area (Å²) in [5.74, 6) is 1.69. The fourth-order valence-corrected chi connectivity index (χ4v) is 4.85. The zero-order valence-electron chi connectivity index (χ0n) is 20.0. The van der Waals surface area contributed by atoms with Gasteiger partial charge in [-0.1, -0.05) is 31.4 Å². The van der Waals surface area contributed by atoms with Crippen LogP contribution in [0.25, 0.3) is 0 Å². The molecule has 6 heteroatoms. The predicted octanol–water partition coefficient (Wildman–Crippen LogP) is 5.04. The smallest absolute Gasteiger partial charge is 0.257 e. The minimum atomic E-state index is -0.120. The van der Waals surface area contributed by atoms with E-state index in [1.807, 2.05) is 55.5 Å². The molecule has 0 saturated heterocycles.